The van der Waals surface area contributed by atoms with Gasteiger partial charge in [0.2, 0.25) is 5.69 Å². The summed E-state index contributed by atoms with van der Waals surface area (Å²) < 4.78 is 0.871. The fraction of sp³-hybridized carbons (Fsp3) is 0.0625. The number of carbonyl (C=O) groups is 1. The Bertz CT molecular complexity index is 927. The average molecular weight is 386 g/mol. The Morgan fingerprint density at radius 1 is 1.12 bits per heavy atom. The monoisotopic (exact) mass is 385 g/mol. The molecule has 24 heavy (non-hydrogen) atoms. The maximum Gasteiger partial charge on any atom is 0.283 e. The third-order valence-electron chi connectivity index (χ3n) is 3.22. The molecule has 1 amide bonds. The highest BCUT2D eigenvalue weighted by molar-refractivity contribution is 9.10. The lowest BCUT2D eigenvalue weighted by atomic mass is 10.2. The van der Waals surface area contributed by atoms with Crippen LogP contribution >= 0.6 is 15.9 Å². The third kappa shape index (κ3) is 3.54. The number of nitrogens with zero attached hydrogens (tertiary/aromatic N) is 3. The van der Waals surface area contributed by atoms with Gasteiger partial charge in [0.15, 0.2) is 5.82 Å². The number of benzene rings is 1. The fourth-order valence-corrected chi connectivity index (χ4v) is 2.43. The van der Waals surface area contributed by atoms with Crippen molar-refractivity contribution in [2.24, 2.45) is 0 Å². The molecule has 120 valence electrons. The molecule has 0 aliphatic rings. The van der Waals surface area contributed by atoms with E-state index in [-0.39, 0.29) is 18.1 Å². The van der Waals surface area contributed by atoms with E-state index >= 15 is 0 Å². The molecule has 0 bridgehead atoms. The Labute approximate surface area is 145 Å². The van der Waals surface area contributed by atoms with Crippen LogP contribution < -0.4 is 10.9 Å². The first-order chi connectivity index (χ1) is 11.6. The van der Waals surface area contributed by atoms with Crippen LogP contribution in [0.25, 0.3) is 11.5 Å². The Kier molecular flexibility index (Phi) is 4.76. The van der Waals surface area contributed by atoms with Gasteiger partial charge in [-0.3, -0.25) is 14.6 Å². The standard InChI is InChI=1S/C16H12BrN5O2/c17-11-6-2-1-5-10(11)9-19-15(23)13-16(24)20-14(22-21-13)12-7-3-4-8-18-12/h1-8H,9H2,(H,19,23)(H,20,22,24). The van der Waals surface area contributed by atoms with E-state index in [0.717, 1.165) is 10.0 Å². The van der Waals surface area contributed by atoms with Crippen LogP contribution in [0.15, 0.2) is 57.9 Å². The summed E-state index contributed by atoms with van der Waals surface area (Å²) in [5.74, 6) is -0.380. The lowest BCUT2D eigenvalue weighted by Crippen LogP contribution is -2.31. The lowest BCUT2D eigenvalue weighted by Gasteiger charge is -2.06. The molecule has 0 aliphatic carbocycles. The second kappa shape index (κ2) is 7.14. The fourth-order valence-electron chi connectivity index (χ4n) is 2.00. The number of carbonyl (C=O) groups excluding carboxylic acids is 1. The van der Waals surface area contributed by atoms with Crippen LogP contribution in [0.4, 0.5) is 0 Å². The minimum atomic E-state index is -0.615. The average Bonchev–Trinajstić information content (AvgIpc) is 2.61. The van der Waals surface area contributed by atoms with Crippen LogP contribution in [0.2, 0.25) is 0 Å². The molecule has 0 unspecified atom stereocenters. The molecule has 0 saturated heterocycles. The zero-order chi connectivity index (χ0) is 16.9. The highest BCUT2D eigenvalue weighted by atomic mass is 79.9. The van der Waals surface area contributed by atoms with Crippen LogP contribution in [-0.4, -0.2) is 26.1 Å². The number of H-pyrrole nitrogens is 1. The van der Waals surface area contributed by atoms with Gasteiger partial charge in [-0.1, -0.05) is 40.2 Å². The first kappa shape index (κ1) is 16.0. The van der Waals surface area contributed by atoms with Crippen molar-refractivity contribution in [1.29, 1.82) is 0 Å². The minimum absolute atomic E-state index is 0.211. The Morgan fingerprint density at radius 2 is 1.92 bits per heavy atom. The van der Waals surface area contributed by atoms with E-state index in [1.807, 2.05) is 24.3 Å². The Morgan fingerprint density at radius 3 is 2.62 bits per heavy atom. The van der Waals surface area contributed by atoms with Gasteiger partial charge in [-0.15, -0.1) is 10.2 Å². The van der Waals surface area contributed by atoms with Crippen molar-refractivity contribution < 1.29 is 4.79 Å². The smallest absolute Gasteiger partial charge is 0.283 e. The van der Waals surface area contributed by atoms with Gasteiger partial charge in [0.1, 0.15) is 5.69 Å². The van der Waals surface area contributed by atoms with E-state index < -0.39 is 11.5 Å². The van der Waals surface area contributed by atoms with Crippen molar-refractivity contribution in [2.45, 2.75) is 6.54 Å². The Hall–Kier alpha value is -2.87. The SMILES string of the molecule is O=C(NCc1ccccc1Br)c1nnc(-c2ccccn2)[nH]c1=O. The van der Waals surface area contributed by atoms with Crippen molar-refractivity contribution in [3.8, 4) is 11.5 Å². The maximum atomic E-state index is 12.1. The number of aromatic nitrogens is 4. The van der Waals surface area contributed by atoms with E-state index in [1.54, 1.807) is 24.4 Å². The first-order valence-electron chi connectivity index (χ1n) is 7.05. The molecule has 0 spiro atoms. The van der Waals surface area contributed by atoms with E-state index in [1.165, 1.54) is 0 Å². The van der Waals surface area contributed by atoms with Crippen molar-refractivity contribution in [1.82, 2.24) is 25.5 Å². The van der Waals surface area contributed by atoms with Crippen LogP contribution in [0.1, 0.15) is 16.1 Å². The van der Waals surface area contributed by atoms with E-state index in [9.17, 15) is 9.59 Å². The van der Waals surface area contributed by atoms with Crippen LogP contribution in [-0.2, 0) is 6.54 Å². The number of pyridine rings is 1. The van der Waals surface area contributed by atoms with Gasteiger partial charge in [-0.2, -0.15) is 0 Å². The molecule has 0 atom stereocenters. The summed E-state index contributed by atoms with van der Waals surface area (Å²) in [5, 5.41) is 10.2. The van der Waals surface area contributed by atoms with E-state index in [2.05, 4.69) is 41.4 Å². The summed E-state index contributed by atoms with van der Waals surface area (Å²) in [4.78, 5) is 30.8. The number of amides is 1. The summed E-state index contributed by atoms with van der Waals surface area (Å²) in [6, 6.07) is 12.7. The zero-order valence-corrected chi connectivity index (χ0v) is 13.9. The highest BCUT2D eigenvalue weighted by Gasteiger charge is 2.15. The number of halogens is 1. The quantitative estimate of drug-likeness (QED) is 0.714. The summed E-state index contributed by atoms with van der Waals surface area (Å²) >= 11 is 3.40. The summed E-state index contributed by atoms with van der Waals surface area (Å²) in [6.07, 6.45) is 1.58. The van der Waals surface area contributed by atoms with Crippen molar-refractivity contribution in [3.63, 3.8) is 0 Å². The summed E-state index contributed by atoms with van der Waals surface area (Å²) in [6.45, 7) is 0.267. The van der Waals surface area contributed by atoms with Crippen LogP contribution in [0.5, 0.6) is 0 Å². The summed E-state index contributed by atoms with van der Waals surface area (Å²) in [5.41, 5.74) is 0.458. The van der Waals surface area contributed by atoms with Crippen molar-refractivity contribution in [3.05, 3.63) is 74.7 Å². The van der Waals surface area contributed by atoms with Gasteiger partial charge in [0.25, 0.3) is 11.5 Å². The molecule has 0 radical (unpaired) electrons. The molecule has 0 fully saturated rings. The molecule has 8 heteroatoms. The van der Waals surface area contributed by atoms with Crippen molar-refractivity contribution >= 4 is 21.8 Å². The number of hydrogen-bond acceptors (Lipinski definition) is 5. The molecule has 3 aromatic rings. The number of aromatic amines is 1. The third-order valence-corrected chi connectivity index (χ3v) is 3.99. The second-order valence-corrected chi connectivity index (χ2v) is 5.69. The van der Waals surface area contributed by atoms with E-state index in [0.29, 0.717) is 5.69 Å². The maximum absolute atomic E-state index is 12.1. The van der Waals surface area contributed by atoms with Gasteiger partial charge in [0.05, 0.1) is 0 Å². The predicted molar refractivity (Wildman–Crippen MR) is 91.2 cm³/mol. The largest absolute Gasteiger partial charge is 0.346 e. The molecule has 0 saturated carbocycles. The van der Waals surface area contributed by atoms with Crippen LogP contribution in [0, 0.1) is 0 Å². The lowest BCUT2D eigenvalue weighted by molar-refractivity contribution is 0.0943. The second-order valence-electron chi connectivity index (χ2n) is 4.84. The van der Waals surface area contributed by atoms with Gasteiger partial charge in [-0.25, -0.2) is 0 Å². The molecule has 7 nitrogen and oxygen atoms in total. The predicted octanol–water partition coefficient (Wildman–Crippen LogP) is 1.92. The molecule has 3 rings (SSSR count). The summed E-state index contributed by atoms with van der Waals surface area (Å²) in [7, 11) is 0. The molecule has 0 aliphatic heterocycles. The molecular weight excluding hydrogens is 374 g/mol. The number of hydrogen-bond donors (Lipinski definition) is 2. The van der Waals surface area contributed by atoms with Crippen molar-refractivity contribution in [2.75, 3.05) is 0 Å². The van der Waals surface area contributed by atoms with Gasteiger partial charge in [0, 0.05) is 17.2 Å². The zero-order valence-electron chi connectivity index (χ0n) is 12.4. The van der Waals surface area contributed by atoms with Crippen LogP contribution in [0.3, 0.4) is 0 Å². The molecule has 2 heterocycles. The molecular formula is C16H12BrN5O2. The topological polar surface area (TPSA) is 101 Å². The molecule has 1 aromatic carbocycles. The molecule has 2 aromatic heterocycles. The van der Waals surface area contributed by atoms with Gasteiger partial charge in [-0.05, 0) is 23.8 Å². The highest BCUT2D eigenvalue weighted by Crippen LogP contribution is 2.15. The number of rotatable bonds is 4. The van der Waals surface area contributed by atoms with Gasteiger partial charge >= 0.3 is 0 Å². The number of nitrogens with one attached hydrogen (secondary N) is 2. The normalized spacial score (nSPS) is 10.4. The Balaban J connectivity index is 1.76. The molecule has 2 N–H and O–H groups in total. The van der Waals surface area contributed by atoms with E-state index in [4.69, 9.17) is 0 Å². The minimum Gasteiger partial charge on any atom is -0.346 e. The van der Waals surface area contributed by atoms with Gasteiger partial charge < -0.3 is 10.3 Å². The first-order valence-corrected chi connectivity index (χ1v) is 7.84.